The molecule has 3 saturated carbocycles. The van der Waals surface area contributed by atoms with Crippen molar-refractivity contribution in [3.63, 3.8) is 0 Å². The summed E-state index contributed by atoms with van der Waals surface area (Å²) in [5.74, 6) is 3.63. The lowest BCUT2D eigenvalue weighted by atomic mass is 10.0. The standard InChI is InChI=1S/C16H20N2O/c17-16(19)10-3-1-9(2-4-10)8-18-15-13-11-5-6-12(7-11)14(13)15/h1-4,11-15,18H,5-8H2,(H2,17,19). The lowest BCUT2D eigenvalue weighted by Crippen LogP contribution is -2.22. The third-order valence-corrected chi connectivity index (χ3v) is 5.52. The van der Waals surface area contributed by atoms with Gasteiger partial charge in [0.25, 0.3) is 0 Å². The van der Waals surface area contributed by atoms with E-state index in [4.69, 9.17) is 5.73 Å². The van der Waals surface area contributed by atoms with E-state index in [1.165, 1.54) is 24.8 Å². The zero-order chi connectivity index (χ0) is 13.0. The summed E-state index contributed by atoms with van der Waals surface area (Å²) in [5.41, 5.74) is 7.07. The number of fused-ring (bicyclic) bond motifs is 5. The van der Waals surface area contributed by atoms with Gasteiger partial charge >= 0.3 is 0 Å². The Morgan fingerprint density at radius 2 is 1.79 bits per heavy atom. The molecule has 3 N–H and O–H groups in total. The van der Waals surface area contributed by atoms with Crippen molar-refractivity contribution in [2.24, 2.45) is 29.4 Å². The van der Waals surface area contributed by atoms with Gasteiger partial charge in [-0.15, -0.1) is 0 Å². The molecule has 4 atom stereocenters. The molecule has 100 valence electrons. The molecule has 3 nitrogen and oxygen atoms in total. The van der Waals surface area contributed by atoms with Crippen LogP contribution in [0.15, 0.2) is 24.3 Å². The predicted molar refractivity (Wildman–Crippen MR) is 73.4 cm³/mol. The molecular formula is C16H20N2O. The van der Waals surface area contributed by atoms with Crippen molar-refractivity contribution in [3.05, 3.63) is 35.4 Å². The van der Waals surface area contributed by atoms with Crippen molar-refractivity contribution in [3.8, 4) is 0 Å². The first-order valence-electron chi connectivity index (χ1n) is 7.36. The van der Waals surface area contributed by atoms with Gasteiger partial charge in [0.1, 0.15) is 0 Å². The van der Waals surface area contributed by atoms with Crippen LogP contribution in [0.5, 0.6) is 0 Å². The average Bonchev–Trinajstić information content (AvgIpc) is 2.80. The number of hydrogen-bond acceptors (Lipinski definition) is 2. The summed E-state index contributed by atoms with van der Waals surface area (Å²) in [5, 5.41) is 3.71. The van der Waals surface area contributed by atoms with E-state index in [9.17, 15) is 4.79 Å². The summed E-state index contributed by atoms with van der Waals surface area (Å²) in [6.07, 6.45) is 4.44. The highest BCUT2D eigenvalue weighted by molar-refractivity contribution is 5.92. The highest BCUT2D eigenvalue weighted by Gasteiger charge is 2.64. The first-order valence-corrected chi connectivity index (χ1v) is 7.36. The van der Waals surface area contributed by atoms with Crippen LogP contribution in [0.2, 0.25) is 0 Å². The number of carbonyl (C=O) groups is 1. The minimum atomic E-state index is -0.354. The molecule has 4 unspecified atom stereocenters. The van der Waals surface area contributed by atoms with Crippen LogP contribution in [0.25, 0.3) is 0 Å². The van der Waals surface area contributed by atoms with Crippen LogP contribution in [-0.4, -0.2) is 11.9 Å². The molecule has 1 aromatic carbocycles. The highest BCUT2D eigenvalue weighted by Crippen LogP contribution is 2.65. The van der Waals surface area contributed by atoms with Crippen molar-refractivity contribution in [2.75, 3.05) is 0 Å². The number of amides is 1. The Kier molecular flexibility index (Phi) is 2.46. The normalized spacial score (nSPS) is 38.2. The summed E-state index contributed by atoms with van der Waals surface area (Å²) < 4.78 is 0. The van der Waals surface area contributed by atoms with Gasteiger partial charge in [0.2, 0.25) is 5.91 Å². The molecule has 3 aliphatic carbocycles. The van der Waals surface area contributed by atoms with Crippen molar-refractivity contribution in [2.45, 2.75) is 31.8 Å². The molecule has 3 fully saturated rings. The smallest absolute Gasteiger partial charge is 0.248 e. The van der Waals surface area contributed by atoms with E-state index in [2.05, 4.69) is 5.32 Å². The van der Waals surface area contributed by atoms with Crippen molar-refractivity contribution in [1.29, 1.82) is 0 Å². The topological polar surface area (TPSA) is 55.1 Å². The van der Waals surface area contributed by atoms with E-state index in [1.54, 1.807) is 0 Å². The first kappa shape index (κ1) is 11.5. The van der Waals surface area contributed by atoms with Gasteiger partial charge in [-0.3, -0.25) is 4.79 Å². The minimum Gasteiger partial charge on any atom is -0.366 e. The Balaban J connectivity index is 1.35. The number of benzene rings is 1. The average molecular weight is 256 g/mol. The third kappa shape index (κ3) is 1.79. The van der Waals surface area contributed by atoms with Crippen LogP contribution in [0.4, 0.5) is 0 Å². The lowest BCUT2D eigenvalue weighted by molar-refractivity contribution is 0.100. The third-order valence-electron chi connectivity index (χ3n) is 5.52. The van der Waals surface area contributed by atoms with Gasteiger partial charge in [-0.05, 0) is 60.6 Å². The van der Waals surface area contributed by atoms with Gasteiger partial charge < -0.3 is 11.1 Å². The van der Waals surface area contributed by atoms with Gasteiger partial charge in [-0.1, -0.05) is 12.1 Å². The van der Waals surface area contributed by atoms with Gasteiger partial charge in [0, 0.05) is 18.2 Å². The van der Waals surface area contributed by atoms with Gasteiger partial charge in [0.15, 0.2) is 0 Å². The Labute approximate surface area is 113 Å². The first-order chi connectivity index (χ1) is 9.24. The molecule has 0 saturated heterocycles. The van der Waals surface area contributed by atoms with Crippen molar-refractivity contribution < 1.29 is 4.79 Å². The number of rotatable bonds is 4. The largest absolute Gasteiger partial charge is 0.366 e. The molecule has 4 rings (SSSR count). The fourth-order valence-corrected chi connectivity index (χ4v) is 4.62. The summed E-state index contributed by atoms with van der Waals surface area (Å²) >= 11 is 0. The zero-order valence-corrected chi connectivity index (χ0v) is 11.0. The van der Waals surface area contributed by atoms with E-state index >= 15 is 0 Å². The summed E-state index contributed by atoms with van der Waals surface area (Å²) in [6.45, 7) is 0.913. The Morgan fingerprint density at radius 1 is 1.16 bits per heavy atom. The Morgan fingerprint density at radius 3 is 2.37 bits per heavy atom. The molecule has 0 radical (unpaired) electrons. The molecule has 2 bridgehead atoms. The molecule has 19 heavy (non-hydrogen) atoms. The minimum absolute atomic E-state index is 0.354. The monoisotopic (exact) mass is 256 g/mol. The molecule has 3 aliphatic rings. The van der Waals surface area contributed by atoms with E-state index in [1.807, 2.05) is 24.3 Å². The number of primary amides is 1. The quantitative estimate of drug-likeness (QED) is 0.864. The molecule has 0 aliphatic heterocycles. The summed E-state index contributed by atoms with van der Waals surface area (Å²) in [4.78, 5) is 11.0. The Hall–Kier alpha value is -1.35. The van der Waals surface area contributed by atoms with E-state index in [-0.39, 0.29) is 5.91 Å². The number of nitrogens with one attached hydrogen (secondary N) is 1. The zero-order valence-electron chi connectivity index (χ0n) is 11.0. The molecule has 1 aromatic rings. The second kappa shape index (κ2) is 4.07. The maximum absolute atomic E-state index is 11.0. The maximum atomic E-state index is 11.0. The van der Waals surface area contributed by atoms with Crippen molar-refractivity contribution >= 4 is 5.91 Å². The molecule has 0 aromatic heterocycles. The lowest BCUT2D eigenvalue weighted by Gasteiger charge is -2.10. The van der Waals surface area contributed by atoms with Gasteiger partial charge in [0.05, 0.1) is 0 Å². The summed E-state index contributed by atoms with van der Waals surface area (Å²) in [6, 6.07) is 8.40. The molecule has 0 heterocycles. The van der Waals surface area contributed by atoms with Gasteiger partial charge in [-0.2, -0.15) is 0 Å². The fraction of sp³-hybridized carbons (Fsp3) is 0.562. The number of hydrogen-bond donors (Lipinski definition) is 2. The molecule has 3 heteroatoms. The van der Waals surface area contributed by atoms with E-state index < -0.39 is 0 Å². The van der Waals surface area contributed by atoms with Gasteiger partial charge in [-0.25, -0.2) is 0 Å². The second-order valence-corrected chi connectivity index (χ2v) is 6.46. The van der Waals surface area contributed by atoms with Crippen LogP contribution >= 0.6 is 0 Å². The van der Waals surface area contributed by atoms with Crippen LogP contribution in [-0.2, 0) is 6.54 Å². The van der Waals surface area contributed by atoms with Crippen LogP contribution < -0.4 is 11.1 Å². The Bertz CT molecular complexity index is 494. The predicted octanol–water partition coefficient (Wildman–Crippen LogP) is 1.92. The van der Waals surface area contributed by atoms with Crippen molar-refractivity contribution in [1.82, 2.24) is 5.32 Å². The van der Waals surface area contributed by atoms with E-state index in [0.717, 1.165) is 36.3 Å². The number of carbonyl (C=O) groups excluding carboxylic acids is 1. The SMILES string of the molecule is NC(=O)c1ccc(CNC2C3C4CCC(C4)C23)cc1. The molecular weight excluding hydrogens is 236 g/mol. The second-order valence-electron chi connectivity index (χ2n) is 6.46. The van der Waals surface area contributed by atoms with E-state index in [0.29, 0.717) is 5.56 Å². The van der Waals surface area contributed by atoms with Crippen LogP contribution in [0.3, 0.4) is 0 Å². The number of nitrogens with two attached hydrogens (primary N) is 1. The fourth-order valence-electron chi connectivity index (χ4n) is 4.62. The van der Waals surface area contributed by atoms with Crippen LogP contribution in [0, 0.1) is 23.7 Å². The summed E-state index contributed by atoms with van der Waals surface area (Å²) in [7, 11) is 0. The highest BCUT2D eigenvalue weighted by atomic mass is 16.1. The maximum Gasteiger partial charge on any atom is 0.248 e. The van der Waals surface area contributed by atoms with Crippen LogP contribution in [0.1, 0.15) is 35.2 Å². The molecule has 1 amide bonds. The molecule has 0 spiro atoms.